The number of rotatable bonds is 7. The fourth-order valence-electron chi connectivity index (χ4n) is 2.64. The molecule has 5 nitrogen and oxygen atoms in total. The number of carbonyl (C=O) groups excluding carboxylic acids is 1. The number of hydrogen-bond acceptors (Lipinski definition) is 4. The first-order chi connectivity index (χ1) is 13.1. The number of aryl methyl sites for hydroxylation is 1. The predicted molar refractivity (Wildman–Crippen MR) is 103 cm³/mol. The van der Waals surface area contributed by atoms with Gasteiger partial charge in [0, 0.05) is 19.3 Å². The van der Waals surface area contributed by atoms with Crippen molar-refractivity contribution < 1.29 is 9.18 Å². The summed E-state index contributed by atoms with van der Waals surface area (Å²) in [7, 11) is 0. The molecule has 0 aliphatic rings. The predicted octanol–water partition coefficient (Wildman–Crippen LogP) is 3.51. The third-order valence-electron chi connectivity index (χ3n) is 4.03. The Morgan fingerprint density at radius 1 is 1.07 bits per heavy atom. The van der Waals surface area contributed by atoms with Gasteiger partial charge in [-0.1, -0.05) is 42.0 Å². The SMILES string of the molecule is Cc1cccc(CNc2nccc(C(=O)NCCc3ccc(F)cc3)n2)c1. The van der Waals surface area contributed by atoms with E-state index in [1.165, 1.54) is 17.7 Å². The molecule has 0 atom stereocenters. The Labute approximate surface area is 157 Å². The minimum absolute atomic E-state index is 0.266. The average molecular weight is 364 g/mol. The molecule has 2 N–H and O–H groups in total. The van der Waals surface area contributed by atoms with Crippen LogP contribution in [0.4, 0.5) is 10.3 Å². The van der Waals surface area contributed by atoms with Gasteiger partial charge in [0.05, 0.1) is 0 Å². The Kier molecular flexibility index (Phi) is 6.10. The molecule has 0 saturated carbocycles. The first-order valence-corrected chi connectivity index (χ1v) is 8.75. The summed E-state index contributed by atoms with van der Waals surface area (Å²) >= 11 is 0. The minimum Gasteiger partial charge on any atom is -0.350 e. The molecule has 6 heteroatoms. The van der Waals surface area contributed by atoms with Crippen LogP contribution in [-0.4, -0.2) is 22.4 Å². The molecule has 3 rings (SSSR count). The van der Waals surface area contributed by atoms with Crippen LogP contribution in [0.3, 0.4) is 0 Å². The lowest BCUT2D eigenvalue weighted by Gasteiger charge is -2.08. The molecule has 0 bridgehead atoms. The Hall–Kier alpha value is -3.28. The second-order valence-corrected chi connectivity index (χ2v) is 6.24. The molecule has 0 aliphatic heterocycles. The van der Waals surface area contributed by atoms with E-state index in [1.807, 2.05) is 25.1 Å². The van der Waals surface area contributed by atoms with Crippen LogP contribution in [0.5, 0.6) is 0 Å². The molecule has 0 fully saturated rings. The molecular formula is C21H21FN4O. The van der Waals surface area contributed by atoms with Gasteiger partial charge in [0.2, 0.25) is 5.95 Å². The van der Waals surface area contributed by atoms with Crippen molar-refractivity contribution in [3.8, 4) is 0 Å². The van der Waals surface area contributed by atoms with Gasteiger partial charge >= 0.3 is 0 Å². The first kappa shape index (κ1) is 18.5. The van der Waals surface area contributed by atoms with Crippen molar-refractivity contribution in [1.82, 2.24) is 15.3 Å². The van der Waals surface area contributed by atoms with Crippen LogP contribution in [0.25, 0.3) is 0 Å². The molecule has 1 aromatic heterocycles. The summed E-state index contributed by atoms with van der Waals surface area (Å²) in [4.78, 5) is 20.7. The second kappa shape index (κ2) is 8.89. The number of benzene rings is 2. The second-order valence-electron chi connectivity index (χ2n) is 6.24. The van der Waals surface area contributed by atoms with Gasteiger partial charge in [-0.3, -0.25) is 4.79 Å². The highest BCUT2D eigenvalue weighted by molar-refractivity contribution is 5.92. The molecule has 0 saturated heterocycles. The van der Waals surface area contributed by atoms with Crippen molar-refractivity contribution in [2.45, 2.75) is 19.9 Å². The Morgan fingerprint density at radius 2 is 1.89 bits per heavy atom. The zero-order valence-electron chi connectivity index (χ0n) is 15.1. The van der Waals surface area contributed by atoms with E-state index in [1.54, 1.807) is 24.4 Å². The minimum atomic E-state index is -0.269. The summed E-state index contributed by atoms with van der Waals surface area (Å²) in [5, 5.41) is 5.95. The highest BCUT2D eigenvalue weighted by Crippen LogP contribution is 2.07. The summed E-state index contributed by atoms with van der Waals surface area (Å²) in [6, 6.07) is 16.0. The van der Waals surface area contributed by atoms with E-state index in [2.05, 4.69) is 26.7 Å². The highest BCUT2D eigenvalue weighted by Gasteiger charge is 2.08. The summed E-state index contributed by atoms with van der Waals surface area (Å²) in [6.07, 6.45) is 2.18. The summed E-state index contributed by atoms with van der Waals surface area (Å²) in [5.74, 6) is -0.129. The van der Waals surface area contributed by atoms with E-state index >= 15 is 0 Å². The smallest absolute Gasteiger partial charge is 0.270 e. The topological polar surface area (TPSA) is 66.9 Å². The Morgan fingerprint density at radius 3 is 2.67 bits per heavy atom. The number of amides is 1. The first-order valence-electron chi connectivity index (χ1n) is 8.75. The van der Waals surface area contributed by atoms with Crippen molar-refractivity contribution in [3.05, 3.63) is 89.0 Å². The number of halogens is 1. The van der Waals surface area contributed by atoms with Gasteiger partial charge in [0.25, 0.3) is 5.91 Å². The van der Waals surface area contributed by atoms with Crippen molar-refractivity contribution in [2.24, 2.45) is 0 Å². The summed E-state index contributed by atoms with van der Waals surface area (Å²) < 4.78 is 12.9. The molecule has 0 spiro atoms. The maximum atomic E-state index is 12.9. The lowest BCUT2D eigenvalue weighted by molar-refractivity contribution is 0.0949. The number of anilines is 1. The summed E-state index contributed by atoms with van der Waals surface area (Å²) in [6.45, 7) is 3.06. The molecule has 27 heavy (non-hydrogen) atoms. The van der Waals surface area contributed by atoms with Gasteiger partial charge in [-0.25, -0.2) is 14.4 Å². The fourth-order valence-corrected chi connectivity index (χ4v) is 2.64. The Balaban J connectivity index is 1.52. The van der Waals surface area contributed by atoms with Crippen LogP contribution in [0, 0.1) is 12.7 Å². The molecule has 2 aromatic carbocycles. The van der Waals surface area contributed by atoms with Crippen molar-refractivity contribution >= 4 is 11.9 Å². The molecule has 0 unspecified atom stereocenters. The largest absolute Gasteiger partial charge is 0.350 e. The maximum Gasteiger partial charge on any atom is 0.270 e. The lowest BCUT2D eigenvalue weighted by atomic mass is 10.1. The Bertz CT molecular complexity index is 912. The van der Waals surface area contributed by atoms with Crippen molar-refractivity contribution in [2.75, 3.05) is 11.9 Å². The van der Waals surface area contributed by atoms with E-state index in [4.69, 9.17) is 0 Å². The molecule has 3 aromatic rings. The van der Waals surface area contributed by atoms with Gasteiger partial charge in [0.15, 0.2) is 0 Å². The molecular weight excluding hydrogens is 343 g/mol. The normalized spacial score (nSPS) is 10.4. The number of nitrogens with one attached hydrogen (secondary N) is 2. The van der Waals surface area contributed by atoms with E-state index in [9.17, 15) is 9.18 Å². The van der Waals surface area contributed by atoms with E-state index in [0.717, 1.165) is 11.1 Å². The van der Waals surface area contributed by atoms with Crippen LogP contribution < -0.4 is 10.6 Å². The number of aromatic nitrogens is 2. The van der Waals surface area contributed by atoms with Gasteiger partial charge in [0.1, 0.15) is 11.5 Å². The summed E-state index contributed by atoms with van der Waals surface area (Å²) in [5.41, 5.74) is 3.56. The van der Waals surface area contributed by atoms with Crippen molar-refractivity contribution in [3.63, 3.8) is 0 Å². The fraction of sp³-hybridized carbons (Fsp3) is 0.190. The molecule has 1 heterocycles. The zero-order valence-corrected chi connectivity index (χ0v) is 15.1. The third kappa shape index (κ3) is 5.60. The number of hydrogen-bond donors (Lipinski definition) is 2. The van der Waals surface area contributed by atoms with Crippen LogP contribution in [0.15, 0.2) is 60.8 Å². The van der Waals surface area contributed by atoms with Crippen LogP contribution in [-0.2, 0) is 13.0 Å². The highest BCUT2D eigenvalue weighted by atomic mass is 19.1. The quantitative estimate of drug-likeness (QED) is 0.673. The molecule has 1 amide bonds. The van der Waals surface area contributed by atoms with Crippen molar-refractivity contribution in [1.29, 1.82) is 0 Å². The lowest BCUT2D eigenvalue weighted by Crippen LogP contribution is -2.26. The van der Waals surface area contributed by atoms with Gasteiger partial charge in [-0.2, -0.15) is 0 Å². The third-order valence-corrected chi connectivity index (χ3v) is 4.03. The number of carbonyl (C=O) groups is 1. The van der Waals surface area contributed by atoms with E-state index in [-0.39, 0.29) is 11.7 Å². The zero-order chi connectivity index (χ0) is 19.1. The standard InChI is InChI=1S/C21H21FN4O/c1-15-3-2-4-17(13-15)14-25-21-24-12-10-19(26-21)20(27)23-11-9-16-5-7-18(22)8-6-16/h2-8,10,12-13H,9,11,14H2,1H3,(H,23,27)(H,24,25,26). The maximum absolute atomic E-state index is 12.9. The molecule has 0 radical (unpaired) electrons. The van der Waals surface area contributed by atoms with Gasteiger partial charge < -0.3 is 10.6 Å². The van der Waals surface area contributed by atoms with E-state index in [0.29, 0.717) is 31.2 Å². The van der Waals surface area contributed by atoms with E-state index < -0.39 is 0 Å². The molecule has 138 valence electrons. The monoisotopic (exact) mass is 364 g/mol. The van der Waals surface area contributed by atoms with Crippen LogP contribution in [0.2, 0.25) is 0 Å². The number of nitrogens with zero attached hydrogens (tertiary/aromatic N) is 2. The van der Waals surface area contributed by atoms with Gasteiger partial charge in [-0.15, -0.1) is 0 Å². The molecule has 0 aliphatic carbocycles. The average Bonchev–Trinajstić information content (AvgIpc) is 2.68. The van der Waals surface area contributed by atoms with Crippen LogP contribution >= 0.6 is 0 Å². The van der Waals surface area contributed by atoms with Gasteiger partial charge in [-0.05, 0) is 42.7 Å². The van der Waals surface area contributed by atoms with Crippen LogP contribution in [0.1, 0.15) is 27.2 Å².